The first-order valence-electron chi connectivity index (χ1n) is 37.4. The van der Waals surface area contributed by atoms with Crippen LogP contribution in [0.25, 0.3) is 0 Å². The van der Waals surface area contributed by atoms with Crippen molar-refractivity contribution in [3.63, 3.8) is 0 Å². The van der Waals surface area contributed by atoms with E-state index >= 15 is 0 Å². The third kappa shape index (κ3) is 35.5. The van der Waals surface area contributed by atoms with Gasteiger partial charge in [-0.1, -0.05) is 253 Å². The maximum Gasteiger partial charge on any atom is 3.00 e. The van der Waals surface area contributed by atoms with Crippen LogP contribution < -0.4 is 61.3 Å². The molecular formula is C90H72Fe4N12O24. The number of benzene rings is 12. The minimum Gasteiger partial charge on any atom is -0.872 e. The van der Waals surface area contributed by atoms with Crippen LogP contribution in [0.3, 0.4) is 0 Å². The summed E-state index contributed by atoms with van der Waals surface area (Å²) >= 11 is 0. The van der Waals surface area contributed by atoms with Gasteiger partial charge in [-0.2, -0.15) is 0 Å². The summed E-state index contributed by atoms with van der Waals surface area (Å²) in [5, 5.41) is 201. The van der Waals surface area contributed by atoms with Crippen LogP contribution in [0.2, 0.25) is 0 Å². The van der Waals surface area contributed by atoms with E-state index in [1.54, 1.807) is 146 Å². The quantitative estimate of drug-likeness (QED) is 0.0187. The fourth-order valence-electron chi connectivity index (χ4n) is 10.9. The van der Waals surface area contributed by atoms with Gasteiger partial charge in [-0.15, -0.1) is 39.6 Å². The van der Waals surface area contributed by atoms with E-state index < -0.39 is 105 Å². The molecular weight excluding hydrogens is 1860 g/mol. The van der Waals surface area contributed by atoms with E-state index in [4.69, 9.17) is 0 Å². The SMILES string of the molecule is O=[N+]([O-])c1ccc([O-])c(C=N[C@@H](C[O-])c2ccccc2)c1.O=[N+]([O-])c1ccc([O-])c(C=N[C@@H](C[O-])c2ccccc2)c1.O=[N+]([O-])c1ccc([O-])c(C=N[C@@H](C[O-])c2ccccc2)c1.O=[N+]([O-])c1ccc([O-])c(C=N[C@@H](C[O-])c2ccccc2)c1.O=[N+]([O-])c1ccc([O-])c(C=N[C@@H](C[O-])c2ccccc2)c1.O=[N+]([O-])c1ccc([O-])c(C=N[C@@H](C[O-])c2ccccc2)c1.[Fe+3].[Fe+3].[Fe+3].[Fe+3]. The number of aliphatic imine (C=N–C) groups is 6. The molecule has 4 radical (unpaired) electrons. The smallest absolute Gasteiger partial charge is 0.872 e. The summed E-state index contributed by atoms with van der Waals surface area (Å²) in [4.78, 5) is 85.1. The van der Waals surface area contributed by atoms with Gasteiger partial charge >= 0.3 is 68.3 Å². The van der Waals surface area contributed by atoms with Crippen molar-refractivity contribution in [1.82, 2.24) is 0 Å². The molecule has 12 aromatic rings. The predicted octanol–water partition coefficient (Wildman–Crippen LogP) is 7.12. The Kier molecular flexibility index (Phi) is 49.1. The molecule has 40 heteroatoms. The van der Waals surface area contributed by atoms with E-state index in [2.05, 4.69) is 30.0 Å². The molecule has 0 fully saturated rings. The fraction of sp³-hybridized carbons (Fsp3) is 0.133. The average molecular weight is 1930 g/mol. The molecule has 668 valence electrons. The molecule has 0 spiro atoms. The fourth-order valence-corrected chi connectivity index (χ4v) is 10.9. The van der Waals surface area contributed by atoms with Crippen LogP contribution in [0, 0.1) is 60.7 Å². The van der Waals surface area contributed by atoms with Gasteiger partial charge in [0.05, 0.1) is 65.8 Å². The van der Waals surface area contributed by atoms with Crippen molar-refractivity contribution < 1.29 is 159 Å². The zero-order chi connectivity index (χ0) is 91.5. The van der Waals surface area contributed by atoms with Gasteiger partial charge in [0.1, 0.15) is 0 Å². The summed E-state index contributed by atoms with van der Waals surface area (Å²) < 4.78 is 0. The molecule has 0 aliphatic rings. The second-order valence-corrected chi connectivity index (χ2v) is 26.1. The molecule has 0 N–H and O–H groups in total. The second kappa shape index (κ2) is 58.1. The third-order valence-electron chi connectivity index (χ3n) is 17.6. The average Bonchev–Trinajstić information content (AvgIpc) is 0.868. The number of rotatable bonds is 30. The molecule has 130 heavy (non-hydrogen) atoms. The van der Waals surface area contributed by atoms with Crippen LogP contribution in [0.4, 0.5) is 34.1 Å². The maximum absolute atomic E-state index is 11.6. The monoisotopic (exact) mass is 1930 g/mol. The van der Waals surface area contributed by atoms with Crippen LogP contribution in [0.5, 0.6) is 34.5 Å². The van der Waals surface area contributed by atoms with Crippen LogP contribution in [0.15, 0.2) is 321 Å². The third-order valence-corrected chi connectivity index (χ3v) is 17.6. The summed E-state index contributed by atoms with van der Waals surface area (Å²) in [6.45, 7) is -2.81. The van der Waals surface area contributed by atoms with Crippen LogP contribution in [-0.2, 0) is 68.3 Å². The Morgan fingerprint density at radius 3 is 0.415 bits per heavy atom. The van der Waals surface area contributed by atoms with Crippen molar-refractivity contribution in [2.45, 2.75) is 36.3 Å². The van der Waals surface area contributed by atoms with E-state index in [1.165, 1.54) is 37.3 Å². The minimum atomic E-state index is -0.620. The predicted molar refractivity (Wildman–Crippen MR) is 445 cm³/mol. The molecule has 0 saturated carbocycles. The van der Waals surface area contributed by atoms with Crippen LogP contribution in [-0.4, -0.2) is 106 Å². The Labute approximate surface area is 784 Å². The molecule has 12 aromatic carbocycles. The maximum atomic E-state index is 11.6. The van der Waals surface area contributed by atoms with Crippen LogP contribution >= 0.6 is 0 Å². The van der Waals surface area contributed by atoms with E-state index in [-0.39, 0.29) is 170 Å². The molecule has 6 atom stereocenters. The first kappa shape index (κ1) is 110. The molecule has 0 saturated heterocycles. The van der Waals surface area contributed by atoms with E-state index in [1.807, 2.05) is 36.4 Å². The number of nitro groups is 6. The van der Waals surface area contributed by atoms with Gasteiger partial charge in [0.2, 0.25) is 0 Å². The Bertz CT molecular complexity index is 4870. The van der Waals surface area contributed by atoms with Gasteiger partial charge < -0.3 is 61.3 Å². The summed E-state index contributed by atoms with van der Waals surface area (Å²) in [6, 6.07) is 70.4. The minimum absolute atomic E-state index is 0. The molecule has 36 nitrogen and oxygen atoms in total. The van der Waals surface area contributed by atoms with Crippen molar-refractivity contribution in [3.05, 3.63) is 419 Å². The number of non-ortho nitro benzene ring substituents is 6. The van der Waals surface area contributed by atoms with Crippen molar-refractivity contribution >= 4 is 71.4 Å². The number of hydrogen-bond donors (Lipinski definition) is 0. The van der Waals surface area contributed by atoms with Crippen molar-refractivity contribution in [2.24, 2.45) is 30.0 Å². The normalized spacial score (nSPS) is 12.0. The number of nitrogens with zero attached hydrogens (tertiary/aromatic N) is 12. The molecule has 0 unspecified atom stereocenters. The Morgan fingerprint density at radius 2 is 0.315 bits per heavy atom. The topological polar surface area (TPSA) is 610 Å². The first-order chi connectivity index (χ1) is 60.7. The van der Waals surface area contributed by atoms with Gasteiger partial charge in [-0.25, -0.2) is 0 Å². The molecule has 0 bridgehead atoms. The largest absolute Gasteiger partial charge is 3.00 e. The van der Waals surface area contributed by atoms with Gasteiger partial charge in [-0.05, 0) is 66.8 Å². The summed E-state index contributed by atoms with van der Waals surface area (Å²) in [7, 11) is 0. The number of nitro benzene ring substituents is 6. The van der Waals surface area contributed by atoms with Gasteiger partial charge in [-0.3, -0.25) is 90.6 Å². The molecule has 0 aliphatic carbocycles. The zero-order valence-corrected chi connectivity index (χ0v) is 71.9. The second-order valence-electron chi connectivity index (χ2n) is 26.1. The Balaban J connectivity index is 0.000000400. The Hall–Kier alpha value is -14.3. The summed E-state index contributed by atoms with van der Waals surface area (Å²) in [5.41, 5.74) is 3.89. The Morgan fingerprint density at radius 1 is 0.200 bits per heavy atom. The molecule has 0 aromatic heterocycles. The number of hydrogen-bond acceptors (Lipinski definition) is 30. The molecule has 12 rings (SSSR count). The van der Waals surface area contributed by atoms with Crippen molar-refractivity contribution in [3.8, 4) is 34.5 Å². The first-order valence-corrected chi connectivity index (χ1v) is 37.4. The summed E-state index contributed by atoms with van der Waals surface area (Å²) in [6.07, 6.45) is 7.36. The molecule has 0 aliphatic heterocycles. The van der Waals surface area contributed by atoms with Gasteiger partial charge in [0.15, 0.2) is 0 Å². The summed E-state index contributed by atoms with van der Waals surface area (Å²) in [5.74, 6) is -2.24. The molecule has 0 amide bonds. The van der Waals surface area contributed by atoms with Crippen LogP contribution in [0.1, 0.15) is 103 Å². The van der Waals surface area contributed by atoms with Crippen molar-refractivity contribution in [1.29, 1.82) is 0 Å². The zero-order valence-electron chi connectivity index (χ0n) is 67.5. The van der Waals surface area contributed by atoms with E-state index in [0.717, 1.165) is 143 Å². The standard InChI is InChI=1S/6C15H13N2O4.4Fe/c6*18-10-14(11-4-2-1-3-5-11)16-9-12-8-13(17(20)21)6-7-15(12)19;;;;/h6*1-9,14,19H,10H2;;;;/q6*-1;4*+3/p-6/t6*14-;;;;/m000000..../s1. The van der Waals surface area contributed by atoms with E-state index in [9.17, 15) is 122 Å². The van der Waals surface area contributed by atoms with Gasteiger partial charge in [0.25, 0.3) is 34.1 Å². The van der Waals surface area contributed by atoms with E-state index in [0.29, 0.717) is 0 Å². The van der Waals surface area contributed by atoms with Crippen molar-refractivity contribution in [2.75, 3.05) is 39.6 Å². The molecule has 0 heterocycles. The van der Waals surface area contributed by atoms with Gasteiger partial charge in [0, 0.05) is 110 Å².